The van der Waals surface area contributed by atoms with Gasteiger partial charge in [0.05, 0.1) is 18.2 Å². The van der Waals surface area contributed by atoms with Crippen LogP contribution in [0.25, 0.3) is 0 Å². The number of benzene rings is 1. The molecule has 0 aliphatic heterocycles. The molecule has 1 rings (SSSR count). The SMILES string of the molecule is CCCCCCOCCCOc1cccc(C#N)c1. The van der Waals surface area contributed by atoms with Crippen LogP contribution in [0.5, 0.6) is 5.75 Å². The van der Waals surface area contributed by atoms with E-state index in [1.165, 1.54) is 19.3 Å². The zero-order chi connectivity index (χ0) is 13.8. The van der Waals surface area contributed by atoms with E-state index in [9.17, 15) is 0 Å². The van der Waals surface area contributed by atoms with E-state index in [0.717, 1.165) is 31.8 Å². The Morgan fingerprint density at radius 1 is 1.05 bits per heavy atom. The molecule has 19 heavy (non-hydrogen) atoms. The van der Waals surface area contributed by atoms with Gasteiger partial charge < -0.3 is 9.47 Å². The molecule has 0 aliphatic carbocycles. The third kappa shape index (κ3) is 7.48. The van der Waals surface area contributed by atoms with Crippen LogP contribution in [0.3, 0.4) is 0 Å². The average Bonchev–Trinajstić information content (AvgIpc) is 2.46. The zero-order valence-corrected chi connectivity index (χ0v) is 11.7. The minimum atomic E-state index is 0.629. The van der Waals surface area contributed by atoms with E-state index >= 15 is 0 Å². The van der Waals surface area contributed by atoms with Crippen LogP contribution in [0.15, 0.2) is 24.3 Å². The molecule has 0 amide bonds. The molecule has 3 nitrogen and oxygen atoms in total. The van der Waals surface area contributed by atoms with Gasteiger partial charge in [-0.2, -0.15) is 5.26 Å². The molecule has 0 spiro atoms. The van der Waals surface area contributed by atoms with Gasteiger partial charge in [0.2, 0.25) is 0 Å². The summed E-state index contributed by atoms with van der Waals surface area (Å²) in [5.41, 5.74) is 0.629. The number of nitrogens with zero attached hydrogens (tertiary/aromatic N) is 1. The lowest BCUT2D eigenvalue weighted by molar-refractivity contribution is 0.116. The van der Waals surface area contributed by atoms with Crippen LogP contribution in [0.4, 0.5) is 0 Å². The van der Waals surface area contributed by atoms with Crippen molar-refractivity contribution in [3.63, 3.8) is 0 Å². The molecule has 0 saturated carbocycles. The van der Waals surface area contributed by atoms with E-state index in [2.05, 4.69) is 13.0 Å². The van der Waals surface area contributed by atoms with Crippen molar-refractivity contribution >= 4 is 0 Å². The summed E-state index contributed by atoms with van der Waals surface area (Å²) in [6.07, 6.45) is 5.84. The van der Waals surface area contributed by atoms with Gasteiger partial charge in [-0.25, -0.2) is 0 Å². The van der Waals surface area contributed by atoms with Crippen molar-refractivity contribution in [2.45, 2.75) is 39.0 Å². The fraction of sp³-hybridized carbons (Fsp3) is 0.562. The summed E-state index contributed by atoms with van der Waals surface area (Å²) in [6, 6.07) is 9.32. The first kappa shape index (κ1) is 15.5. The minimum absolute atomic E-state index is 0.629. The summed E-state index contributed by atoms with van der Waals surface area (Å²) in [4.78, 5) is 0. The molecule has 0 N–H and O–H groups in total. The van der Waals surface area contributed by atoms with Crippen LogP contribution in [0.2, 0.25) is 0 Å². The van der Waals surface area contributed by atoms with E-state index in [-0.39, 0.29) is 0 Å². The summed E-state index contributed by atoms with van der Waals surface area (Å²) in [6.45, 7) is 4.43. The summed E-state index contributed by atoms with van der Waals surface area (Å²) in [7, 11) is 0. The van der Waals surface area contributed by atoms with Gasteiger partial charge in [-0.3, -0.25) is 0 Å². The molecular weight excluding hydrogens is 238 g/mol. The van der Waals surface area contributed by atoms with Crippen LogP contribution in [0.1, 0.15) is 44.6 Å². The van der Waals surface area contributed by atoms with Gasteiger partial charge in [-0.1, -0.05) is 32.3 Å². The highest BCUT2D eigenvalue weighted by atomic mass is 16.5. The molecule has 0 aliphatic rings. The second-order valence-corrected chi connectivity index (χ2v) is 4.51. The van der Waals surface area contributed by atoms with E-state index in [4.69, 9.17) is 14.7 Å². The van der Waals surface area contributed by atoms with Gasteiger partial charge in [0.25, 0.3) is 0 Å². The summed E-state index contributed by atoms with van der Waals surface area (Å²) >= 11 is 0. The van der Waals surface area contributed by atoms with Crippen molar-refractivity contribution in [1.29, 1.82) is 5.26 Å². The maximum atomic E-state index is 8.77. The molecule has 0 heterocycles. The van der Waals surface area contributed by atoms with E-state index < -0.39 is 0 Å². The molecule has 0 fully saturated rings. The van der Waals surface area contributed by atoms with Crippen molar-refractivity contribution in [1.82, 2.24) is 0 Å². The second kappa shape index (κ2) is 10.4. The first-order valence-corrected chi connectivity index (χ1v) is 7.07. The van der Waals surface area contributed by atoms with Gasteiger partial charge in [-0.15, -0.1) is 0 Å². The molecule has 1 aromatic carbocycles. The summed E-state index contributed by atoms with van der Waals surface area (Å²) in [5, 5.41) is 8.77. The van der Waals surface area contributed by atoms with Crippen LogP contribution >= 0.6 is 0 Å². The first-order valence-electron chi connectivity index (χ1n) is 7.07. The Morgan fingerprint density at radius 2 is 1.89 bits per heavy atom. The molecule has 0 bridgehead atoms. The number of hydrogen-bond acceptors (Lipinski definition) is 3. The van der Waals surface area contributed by atoms with Crippen LogP contribution in [0, 0.1) is 11.3 Å². The molecular formula is C16H23NO2. The quantitative estimate of drug-likeness (QED) is 0.599. The Bertz CT molecular complexity index is 385. The van der Waals surface area contributed by atoms with Gasteiger partial charge in [0, 0.05) is 19.6 Å². The third-order valence-electron chi connectivity index (χ3n) is 2.81. The van der Waals surface area contributed by atoms with Gasteiger partial charge >= 0.3 is 0 Å². The average molecular weight is 261 g/mol. The number of unbranched alkanes of at least 4 members (excludes halogenated alkanes) is 3. The zero-order valence-electron chi connectivity index (χ0n) is 11.7. The summed E-state index contributed by atoms with van der Waals surface area (Å²) in [5.74, 6) is 0.752. The number of rotatable bonds is 10. The molecule has 0 saturated heterocycles. The summed E-state index contributed by atoms with van der Waals surface area (Å²) < 4.78 is 11.1. The second-order valence-electron chi connectivity index (χ2n) is 4.51. The highest BCUT2D eigenvalue weighted by Gasteiger charge is 1.96. The molecule has 0 atom stereocenters. The lowest BCUT2D eigenvalue weighted by Crippen LogP contribution is -2.04. The van der Waals surface area contributed by atoms with Crippen molar-refractivity contribution in [3.05, 3.63) is 29.8 Å². The largest absolute Gasteiger partial charge is 0.493 e. The van der Waals surface area contributed by atoms with Gasteiger partial charge in [0.1, 0.15) is 5.75 Å². The lowest BCUT2D eigenvalue weighted by atomic mass is 10.2. The molecule has 0 radical (unpaired) electrons. The van der Waals surface area contributed by atoms with Crippen molar-refractivity contribution in [3.8, 4) is 11.8 Å². The molecule has 3 heteroatoms. The first-order chi connectivity index (χ1) is 9.36. The normalized spacial score (nSPS) is 10.1. The highest BCUT2D eigenvalue weighted by Crippen LogP contribution is 2.12. The minimum Gasteiger partial charge on any atom is -0.493 e. The van der Waals surface area contributed by atoms with E-state index in [1.807, 2.05) is 12.1 Å². The Hall–Kier alpha value is -1.53. The Morgan fingerprint density at radius 3 is 2.68 bits per heavy atom. The van der Waals surface area contributed by atoms with Crippen molar-refractivity contribution in [2.24, 2.45) is 0 Å². The van der Waals surface area contributed by atoms with Crippen molar-refractivity contribution < 1.29 is 9.47 Å². The maximum absolute atomic E-state index is 8.77. The maximum Gasteiger partial charge on any atom is 0.120 e. The van der Waals surface area contributed by atoms with Crippen LogP contribution < -0.4 is 4.74 Å². The van der Waals surface area contributed by atoms with Crippen LogP contribution in [-0.4, -0.2) is 19.8 Å². The van der Waals surface area contributed by atoms with Crippen LogP contribution in [-0.2, 0) is 4.74 Å². The van der Waals surface area contributed by atoms with Crippen molar-refractivity contribution in [2.75, 3.05) is 19.8 Å². The van der Waals surface area contributed by atoms with E-state index in [0.29, 0.717) is 12.2 Å². The fourth-order valence-corrected chi connectivity index (χ4v) is 1.74. The van der Waals surface area contributed by atoms with Gasteiger partial charge in [-0.05, 0) is 24.6 Å². The fourth-order valence-electron chi connectivity index (χ4n) is 1.74. The number of hydrogen-bond donors (Lipinski definition) is 0. The Labute approximate surface area is 116 Å². The monoisotopic (exact) mass is 261 g/mol. The lowest BCUT2D eigenvalue weighted by Gasteiger charge is -2.07. The Balaban J connectivity index is 2.00. The predicted octanol–water partition coefficient (Wildman–Crippen LogP) is 3.92. The topological polar surface area (TPSA) is 42.2 Å². The molecule has 0 unspecified atom stereocenters. The number of ether oxygens (including phenoxy) is 2. The Kier molecular flexibility index (Phi) is 8.50. The standard InChI is InChI=1S/C16H23NO2/c1-2-3-4-5-10-18-11-7-12-19-16-9-6-8-15(13-16)14-17/h6,8-9,13H,2-5,7,10-12H2,1H3. The third-order valence-corrected chi connectivity index (χ3v) is 2.81. The smallest absolute Gasteiger partial charge is 0.120 e. The highest BCUT2D eigenvalue weighted by molar-refractivity contribution is 5.36. The van der Waals surface area contributed by atoms with E-state index in [1.54, 1.807) is 12.1 Å². The number of nitriles is 1. The molecule has 0 aromatic heterocycles. The molecule has 104 valence electrons. The molecule has 1 aromatic rings. The predicted molar refractivity (Wildman–Crippen MR) is 76.2 cm³/mol. The van der Waals surface area contributed by atoms with Gasteiger partial charge in [0.15, 0.2) is 0 Å².